The van der Waals surface area contributed by atoms with Crippen molar-refractivity contribution < 1.29 is 14.0 Å². The van der Waals surface area contributed by atoms with Gasteiger partial charge >= 0.3 is 0 Å². The number of ketones is 1. The number of anilines is 3. The van der Waals surface area contributed by atoms with Crippen LogP contribution >= 0.6 is 0 Å². The van der Waals surface area contributed by atoms with Crippen LogP contribution in [0, 0.1) is 5.82 Å². The van der Waals surface area contributed by atoms with E-state index in [0.29, 0.717) is 11.3 Å². The molecule has 1 aromatic heterocycles. The van der Waals surface area contributed by atoms with Crippen LogP contribution in [0.15, 0.2) is 60.9 Å². The zero-order valence-electron chi connectivity index (χ0n) is 13.9. The quantitative estimate of drug-likeness (QED) is 0.684. The predicted octanol–water partition coefficient (Wildman–Crippen LogP) is 3.81. The molecule has 0 radical (unpaired) electrons. The summed E-state index contributed by atoms with van der Waals surface area (Å²) in [6, 6.07) is 12.7. The summed E-state index contributed by atoms with van der Waals surface area (Å²) in [7, 11) is 0. The SMILES string of the molecule is CC(=O)c1ccc(NC(=O)c2cnc(Nc3ccccc3F)nc2)cc1. The number of carbonyl (C=O) groups excluding carboxylic acids is 2. The molecule has 130 valence electrons. The van der Waals surface area contributed by atoms with Gasteiger partial charge in [0.1, 0.15) is 5.82 Å². The molecule has 1 amide bonds. The second-order valence-corrected chi connectivity index (χ2v) is 5.49. The molecule has 0 saturated carbocycles. The van der Waals surface area contributed by atoms with Gasteiger partial charge in [-0.05, 0) is 43.3 Å². The van der Waals surface area contributed by atoms with Crippen LogP contribution in [0.3, 0.4) is 0 Å². The first kappa shape index (κ1) is 17.2. The molecule has 0 bridgehead atoms. The number of halogens is 1. The molecule has 0 unspecified atom stereocenters. The first-order valence-corrected chi connectivity index (χ1v) is 7.79. The standard InChI is InChI=1S/C19H15FN4O2/c1-12(25)13-6-8-15(9-7-13)23-18(26)14-10-21-19(22-11-14)24-17-5-3-2-4-16(17)20/h2-11H,1H3,(H,23,26)(H,21,22,24). The number of Topliss-reactive ketones (excluding diaryl/α,β-unsaturated/α-hetero) is 1. The van der Waals surface area contributed by atoms with Gasteiger partial charge in [0, 0.05) is 23.6 Å². The van der Waals surface area contributed by atoms with E-state index < -0.39 is 11.7 Å². The lowest BCUT2D eigenvalue weighted by Gasteiger charge is -2.07. The zero-order chi connectivity index (χ0) is 18.5. The minimum atomic E-state index is -0.424. The van der Waals surface area contributed by atoms with Crippen molar-refractivity contribution in [1.29, 1.82) is 0 Å². The van der Waals surface area contributed by atoms with E-state index in [1.165, 1.54) is 25.4 Å². The highest BCUT2D eigenvalue weighted by Gasteiger charge is 2.09. The molecule has 0 aliphatic carbocycles. The van der Waals surface area contributed by atoms with E-state index in [0.717, 1.165) is 0 Å². The summed E-state index contributed by atoms with van der Waals surface area (Å²) in [6.07, 6.45) is 2.69. The van der Waals surface area contributed by atoms with Crippen molar-refractivity contribution in [3.8, 4) is 0 Å². The number of para-hydroxylation sites is 1. The highest BCUT2D eigenvalue weighted by Crippen LogP contribution is 2.17. The Morgan fingerprint density at radius 2 is 1.58 bits per heavy atom. The van der Waals surface area contributed by atoms with E-state index in [1.807, 2.05) is 0 Å². The Morgan fingerprint density at radius 3 is 2.19 bits per heavy atom. The normalized spacial score (nSPS) is 10.2. The number of nitrogens with one attached hydrogen (secondary N) is 2. The summed E-state index contributed by atoms with van der Waals surface area (Å²) in [5, 5.41) is 5.44. The van der Waals surface area contributed by atoms with Gasteiger partial charge in [0.25, 0.3) is 5.91 Å². The van der Waals surface area contributed by atoms with Crippen LogP contribution in [0.2, 0.25) is 0 Å². The molecule has 1 heterocycles. The maximum absolute atomic E-state index is 13.6. The van der Waals surface area contributed by atoms with Gasteiger partial charge in [-0.3, -0.25) is 9.59 Å². The minimum Gasteiger partial charge on any atom is -0.322 e. The molecule has 0 atom stereocenters. The van der Waals surface area contributed by atoms with Crippen LogP contribution in [0.25, 0.3) is 0 Å². The van der Waals surface area contributed by atoms with Crippen LogP contribution < -0.4 is 10.6 Å². The van der Waals surface area contributed by atoms with Crippen molar-refractivity contribution in [3.63, 3.8) is 0 Å². The Kier molecular flexibility index (Phi) is 4.98. The summed E-state index contributed by atoms with van der Waals surface area (Å²) in [5.41, 5.74) is 1.61. The fourth-order valence-corrected chi connectivity index (χ4v) is 2.18. The van der Waals surface area contributed by atoms with Gasteiger partial charge in [0.2, 0.25) is 5.95 Å². The Morgan fingerprint density at radius 1 is 0.923 bits per heavy atom. The van der Waals surface area contributed by atoms with Gasteiger partial charge in [-0.2, -0.15) is 0 Å². The summed E-state index contributed by atoms with van der Waals surface area (Å²) < 4.78 is 13.6. The van der Waals surface area contributed by atoms with E-state index in [2.05, 4.69) is 20.6 Å². The molecule has 6 nitrogen and oxygen atoms in total. The zero-order valence-corrected chi connectivity index (χ0v) is 13.9. The van der Waals surface area contributed by atoms with Crippen molar-refractivity contribution in [2.45, 2.75) is 6.92 Å². The molecular formula is C19H15FN4O2. The average molecular weight is 350 g/mol. The Balaban J connectivity index is 1.67. The van der Waals surface area contributed by atoms with Crippen LogP contribution in [-0.4, -0.2) is 21.7 Å². The van der Waals surface area contributed by atoms with E-state index in [1.54, 1.807) is 42.5 Å². The van der Waals surface area contributed by atoms with Crippen LogP contribution in [0.1, 0.15) is 27.6 Å². The number of carbonyl (C=O) groups is 2. The number of hydrogen-bond donors (Lipinski definition) is 2. The largest absolute Gasteiger partial charge is 0.322 e. The van der Waals surface area contributed by atoms with Gasteiger partial charge in [-0.25, -0.2) is 14.4 Å². The first-order chi connectivity index (χ1) is 12.5. The molecule has 0 aliphatic heterocycles. The molecule has 0 spiro atoms. The molecule has 7 heteroatoms. The summed E-state index contributed by atoms with van der Waals surface area (Å²) in [5.74, 6) is -0.684. The van der Waals surface area contributed by atoms with E-state index in [4.69, 9.17) is 0 Å². The van der Waals surface area contributed by atoms with Crippen molar-refractivity contribution in [2.24, 2.45) is 0 Å². The third kappa shape index (κ3) is 4.07. The number of nitrogens with zero attached hydrogens (tertiary/aromatic N) is 2. The molecule has 3 aromatic rings. The Labute approximate surface area is 149 Å². The molecule has 0 saturated heterocycles. The maximum atomic E-state index is 13.6. The van der Waals surface area contributed by atoms with Crippen LogP contribution in [0.5, 0.6) is 0 Å². The van der Waals surface area contributed by atoms with E-state index >= 15 is 0 Å². The summed E-state index contributed by atoms with van der Waals surface area (Å²) >= 11 is 0. The number of hydrogen-bond acceptors (Lipinski definition) is 5. The fraction of sp³-hybridized carbons (Fsp3) is 0.0526. The molecule has 3 rings (SSSR count). The Bertz CT molecular complexity index is 941. The molecule has 0 aliphatic rings. The first-order valence-electron chi connectivity index (χ1n) is 7.79. The lowest BCUT2D eigenvalue weighted by atomic mass is 10.1. The predicted molar refractivity (Wildman–Crippen MR) is 96.1 cm³/mol. The fourth-order valence-electron chi connectivity index (χ4n) is 2.18. The highest BCUT2D eigenvalue weighted by atomic mass is 19.1. The average Bonchev–Trinajstić information content (AvgIpc) is 2.64. The Hall–Kier alpha value is -3.61. The smallest absolute Gasteiger partial charge is 0.258 e. The van der Waals surface area contributed by atoms with E-state index in [-0.39, 0.29) is 23.0 Å². The topological polar surface area (TPSA) is 84.0 Å². The second-order valence-electron chi connectivity index (χ2n) is 5.49. The second kappa shape index (κ2) is 7.52. The maximum Gasteiger partial charge on any atom is 0.258 e. The van der Waals surface area contributed by atoms with E-state index in [9.17, 15) is 14.0 Å². The number of amides is 1. The summed E-state index contributed by atoms with van der Waals surface area (Å²) in [4.78, 5) is 31.5. The molecule has 2 N–H and O–H groups in total. The third-order valence-electron chi connectivity index (χ3n) is 3.58. The van der Waals surface area contributed by atoms with Crippen LogP contribution in [0.4, 0.5) is 21.7 Å². The molecule has 26 heavy (non-hydrogen) atoms. The minimum absolute atomic E-state index is 0.0470. The lowest BCUT2D eigenvalue weighted by Crippen LogP contribution is -2.13. The molecule has 0 fully saturated rings. The van der Waals surface area contributed by atoms with Gasteiger partial charge in [0.05, 0.1) is 11.3 Å². The number of benzene rings is 2. The molecular weight excluding hydrogens is 335 g/mol. The van der Waals surface area contributed by atoms with Gasteiger partial charge in [-0.1, -0.05) is 12.1 Å². The van der Waals surface area contributed by atoms with Crippen molar-refractivity contribution in [1.82, 2.24) is 9.97 Å². The third-order valence-corrected chi connectivity index (χ3v) is 3.58. The van der Waals surface area contributed by atoms with Crippen molar-refractivity contribution in [3.05, 3.63) is 77.9 Å². The van der Waals surface area contributed by atoms with Gasteiger partial charge in [0.15, 0.2) is 5.78 Å². The van der Waals surface area contributed by atoms with Crippen LogP contribution in [-0.2, 0) is 0 Å². The van der Waals surface area contributed by atoms with Gasteiger partial charge < -0.3 is 10.6 Å². The van der Waals surface area contributed by atoms with Crippen molar-refractivity contribution >= 4 is 29.0 Å². The molecule has 2 aromatic carbocycles. The monoisotopic (exact) mass is 350 g/mol. The van der Waals surface area contributed by atoms with Gasteiger partial charge in [-0.15, -0.1) is 0 Å². The lowest BCUT2D eigenvalue weighted by molar-refractivity contribution is 0.101. The highest BCUT2D eigenvalue weighted by molar-refractivity contribution is 6.04. The summed E-state index contributed by atoms with van der Waals surface area (Å²) in [6.45, 7) is 1.47. The van der Waals surface area contributed by atoms with Crippen molar-refractivity contribution in [2.75, 3.05) is 10.6 Å². The number of rotatable bonds is 5. The number of aromatic nitrogens is 2.